The normalized spacial score (nSPS) is 22.5. The van der Waals surface area contributed by atoms with E-state index in [0.717, 1.165) is 50.9 Å². The number of amides is 2. The van der Waals surface area contributed by atoms with Crippen molar-refractivity contribution in [2.75, 3.05) is 31.6 Å². The third kappa shape index (κ3) is 6.69. The van der Waals surface area contributed by atoms with Crippen LogP contribution in [0, 0.1) is 11.7 Å². The number of hydrogen-bond acceptors (Lipinski definition) is 6. The minimum atomic E-state index is -0.249. The highest BCUT2D eigenvalue weighted by molar-refractivity contribution is 5.90. The third-order valence-electron chi connectivity index (χ3n) is 7.23. The fourth-order valence-electron chi connectivity index (χ4n) is 5.42. The number of ether oxygens (including phenoxy) is 1. The van der Waals surface area contributed by atoms with Gasteiger partial charge in [-0.15, -0.1) is 5.10 Å². The zero-order valence-electron chi connectivity index (χ0n) is 21.1. The van der Waals surface area contributed by atoms with Crippen LogP contribution in [-0.2, 0) is 18.2 Å². The molecule has 0 radical (unpaired) electrons. The number of piperidine rings is 1. The third-order valence-corrected chi connectivity index (χ3v) is 7.23. The Bertz CT molecular complexity index is 1190. The first kappa shape index (κ1) is 25.3. The summed E-state index contributed by atoms with van der Waals surface area (Å²) in [6.07, 6.45) is 5.01. The minimum Gasteiger partial charge on any atom is -0.375 e. The van der Waals surface area contributed by atoms with Crippen LogP contribution in [-0.4, -0.2) is 69.5 Å². The fraction of sp³-hybridized carbons (Fsp3) is 0.481. The van der Waals surface area contributed by atoms with Crippen molar-refractivity contribution < 1.29 is 13.9 Å². The van der Waals surface area contributed by atoms with Gasteiger partial charge in [0.1, 0.15) is 5.82 Å². The second-order valence-electron chi connectivity index (χ2n) is 10.1. The monoisotopic (exact) mass is 507 g/mol. The van der Waals surface area contributed by atoms with Crippen molar-refractivity contribution in [1.29, 1.82) is 0 Å². The Hall–Kier alpha value is -3.37. The number of carbonyl (C=O) groups is 1. The number of urea groups is 1. The van der Waals surface area contributed by atoms with Crippen LogP contribution in [0.3, 0.4) is 0 Å². The Balaban J connectivity index is 1.16. The Kier molecular flexibility index (Phi) is 8.05. The van der Waals surface area contributed by atoms with Crippen molar-refractivity contribution in [2.24, 2.45) is 13.0 Å². The van der Waals surface area contributed by atoms with E-state index in [9.17, 15) is 9.18 Å². The summed E-state index contributed by atoms with van der Waals surface area (Å²) in [4.78, 5) is 15.4. The van der Waals surface area contributed by atoms with Gasteiger partial charge in [0.15, 0.2) is 5.82 Å². The molecule has 2 fully saturated rings. The number of rotatable bonds is 7. The van der Waals surface area contributed by atoms with E-state index in [-0.39, 0.29) is 24.0 Å². The van der Waals surface area contributed by atoms with Crippen molar-refractivity contribution >= 4 is 11.7 Å². The summed E-state index contributed by atoms with van der Waals surface area (Å²) < 4.78 is 21.0. The maximum Gasteiger partial charge on any atom is 0.319 e. The van der Waals surface area contributed by atoms with Crippen molar-refractivity contribution in [1.82, 2.24) is 30.4 Å². The molecule has 3 unspecified atom stereocenters. The Morgan fingerprint density at radius 1 is 1.16 bits per heavy atom. The average molecular weight is 508 g/mol. The molecule has 37 heavy (non-hydrogen) atoms. The van der Waals surface area contributed by atoms with Crippen molar-refractivity contribution in [3.8, 4) is 11.4 Å². The summed E-state index contributed by atoms with van der Waals surface area (Å²) in [7, 11) is 1.78. The number of nitrogens with zero attached hydrogens (tertiary/aromatic N) is 5. The number of likely N-dealkylation sites (tertiary alicyclic amines) is 1. The number of anilines is 1. The smallest absolute Gasteiger partial charge is 0.319 e. The molecule has 2 aliphatic heterocycles. The molecule has 0 saturated carbocycles. The highest BCUT2D eigenvalue weighted by Gasteiger charge is 2.31. The molecule has 2 N–H and O–H groups in total. The molecule has 5 rings (SSSR count). The molecule has 0 spiro atoms. The van der Waals surface area contributed by atoms with Gasteiger partial charge in [-0.05, 0) is 84.8 Å². The molecule has 3 aromatic rings. The Morgan fingerprint density at radius 3 is 2.84 bits per heavy atom. The standard InChI is InChI=1S/C27H34FN7O2/c1-34-26(31-32-33-34)21-6-2-7-23(16-21)29-27(36)30-24-8-4-14-37-25(24)18-35-13-3-5-20(17-35)15-19-9-11-22(28)12-10-19/h2,6-7,9-12,16,20,24-25H,3-5,8,13-15,17-18H2,1H3,(H2,29,30,36). The first-order valence-electron chi connectivity index (χ1n) is 13.0. The molecule has 2 aromatic carbocycles. The molecule has 3 heterocycles. The van der Waals surface area contributed by atoms with Gasteiger partial charge >= 0.3 is 6.03 Å². The quantitative estimate of drug-likeness (QED) is 0.507. The number of aryl methyl sites for hydroxylation is 1. The topological polar surface area (TPSA) is 97.2 Å². The predicted molar refractivity (Wildman–Crippen MR) is 138 cm³/mol. The summed E-state index contributed by atoms with van der Waals surface area (Å²) in [5.74, 6) is 0.972. The zero-order valence-corrected chi connectivity index (χ0v) is 21.1. The first-order valence-corrected chi connectivity index (χ1v) is 13.0. The van der Waals surface area contributed by atoms with E-state index in [1.165, 1.54) is 24.1 Å². The molecule has 1 aromatic heterocycles. The lowest BCUT2D eigenvalue weighted by Crippen LogP contribution is -2.53. The largest absolute Gasteiger partial charge is 0.375 e. The summed E-state index contributed by atoms with van der Waals surface area (Å²) in [5, 5.41) is 17.7. The number of nitrogens with one attached hydrogen (secondary N) is 2. The van der Waals surface area contributed by atoms with Gasteiger partial charge in [0.2, 0.25) is 0 Å². The van der Waals surface area contributed by atoms with E-state index < -0.39 is 0 Å². The lowest BCUT2D eigenvalue weighted by atomic mass is 9.90. The zero-order chi connectivity index (χ0) is 25.6. The van der Waals surface area contributed by atoms with Crippen LogP contribution < -0.4 is 10.6 Å². The lowest BCUT2D eigenvalue weighted by Gasteiger charge is -2.39. The van der Waals surface area contributed by atoms with Crippen molar-refractivity contribution in [3.63, 3.8) is 0 Å². The van der Waals surface area contributed by atoms with Gasteiger partial charge in [-0.25, -0.2) is 13.9 Å². The van der Waals surface area contributed by atoms with E-state index in [2.05, 4.69) is 31.1 Å². The van der Waals surface area contributed by atoms with Gasteiger partial charge in [-0.2, -0.15) is 0 Å². The molecule has 2 saturated heterocycles. The van der Waals surface area contributed by atoms with Crippen LogP contribution in [0.2, 0.25) is 0 Å². The molecule has 2 amide bonds. The van der Waals surface area contributed by atoms with E-state index in [1.807, 2.05) is 36.4 Å². The average Bonchev–Trinajstić information content (AvgIpc) is 3.33. The molecule has 0 bridgehead atoms. The summed E-state index contributed by atoms with van der Waals surface area (Å²) in [6.45, 7) is 3.52. The molecule has 2 aliphatic rings. The summed E-state index contributed by atoms with van der Waals surface area (Å²) >= 11 is 0. The van der Waals surface area contributed by atoms with Gasteiger partial charge in [-0.1, -0.05) is 24.3 Å². The first-order chi connectivity index (χ1) is 18.0. The number of tetrazole rings is 1. The number of hydrogen-bond donors (Lipinski definition) is 2. The molecule has 196 valence electrons. The number of halogens is 1. The second-order valence-corrected chi connectivity index (χ2v) is 10.1. The van der Waals surface area contributed by atoms with E-state index >= 15 is 0 Å². The van der Waals surface area contributed by atoms with Gasteiger partial charge in [0.05, 0.1) is 12.1 Å². The molecule has 3 atom stereocenters. The van der Waals surface area contributed by atoms with Gasteiger partial charge < -0.3 is 20.3 Å². The Morgan fingerprint density at radius 2 is 2.03 bits per heavy atom. The second kappa shape index (κ2) is 11.8. The van der Waals surface area contributed by atoms with Crippen LogP contribution in [0.15, 0.2) is 48.5 Å². The molecule has 9 nitrogen and oxygen atoms in total. The summed E-state index contributed by atoms with van der Waals surface area (Å²) in [5.41, 5.74) is 2.67. The minimum absolute atomic E-state index is 0.0554. The van der Waals surface area contributed by atoms with Gasteiger partial charge in [0, 0.05) is 38.0 Å². The summed E-state index contributed by atoms with van der Waals surface area (Å²) in [6, 6.07) is 14.0. The molecule has 0 aliphatic carbocycles. The van der Waals surface area contributed by atoms with E-state index in [1.54, 1.807) is 11.7 Å². The van der Waals surface area contributed by atoms with Crippen LogP contribution in [0.25, 0.3) is 11.4 Å². The fourth-order valence-corrected chi connectivity index (χ4v) is 5.42. The number of benzene rings is 2. The lowest BCUT2D eigenvalue weighted by molar-refractivity contribution is -0.0306. The maximum atomic E-state index is 13.3. The van der Waals surface area contributed by atoms with Crippen molar-refractivity contribution in [3.05, 3.63) is 59.9 Å². The van der Waals surface area contributed by atoms with Crippen LogP contribution in [0.1, 0.15) is 31.2 Å². The SMILES string of the molecule is Cn1nnnc1-c1cccc(NC(=O)NC2CCCOC2CN2CCCC(Cc3ccc(F)cc3)C2)c1. The molecular weight excluding hydrogens is 473 g/mol. The maximum absolute atomic E-state index is 13.3. The van der Waals surface area contributed by atoms with E-state index in [4.69, 9.17) is 4.74 Å². The van der Waals surface area contributed by atoms with Crippen LogP contribution in [0.4, 0.5) is 14.9 Å². The van der Waals surface area contributed by atoms with Gasteiger partial charge in [0.25, 0.3) is 0 Å². The van der Waals surface area contributed by atoms with Gasteiger partial charge in [-0.3, -0.25) is 0 Å². The van der Waals surface area contributed by atoms with Crippen molar-refractivity contribution in [2.45, 2.75) is 44.2 Å². The highest BCUT2D eigenvalue weighted by atomic mass is 19.1. The van der Waals surface area contributed by atoms with Crippen LogP contribution >= 0.6 is 0 Å². The highest BCUT2D eigenvalue weighted by Crippen LogP contribution is 2.24. The predicted octanol–water partition coefficient (Wildman–Crippen LogP) is 3.64. The number of carbonyl (C=O) groups excluding carboxylic acids is 1. The number of aromatic nitrogens is 4. The molecule has 10 heteroatoms. The Labute approximate surface area is 216 Å². The van der Waals surface area contributed by atoms with E-state index in [0.29, 0.717) is 24.0 Å². The van der Waals surface area contributed by atoms with Crippen LogP contribution in [0.5, 0.6) is 0 Å². The molecular formula is C27H34FN7O2.